The van der Waals surface area contributed by atoms with Crippen LogP contribution in [0.25, 0.3) is 0 Å². The molecule has 7 rings (SSSR count). The Hall–Kier alpha value is -1.23. The van der Waals surface area contributed by atoms with Gasteiger partial charge in [-0.2, -0.15) is 0 Å². The molecule has 7 aliphatic rings. The van der Waals surface area contributed by atoms with Gasteiger partial charge in [-0.15, -0.1) is 0 Å². The zero-order valence-corrected chi connectivity index (χ0v) is 33.3. The first-order valence-corrected chi connectivity index (χ1v) is 20.4. The van der Waals surface area contributed by atoms with E-state index in [4.69, 9.17) is 23.7 Å². The van der Waals surface area contributed by atoms with Gasteiger partial charge in [-0.1, -0.05) is 59.6 Å². The number of rotatable bonds is 8. The maximum Gasteiger partial charge on any atom is 0.319 e. The van der Waals surface area contributed by atoms with Crippen LogP contribution in [-0.2, 0) is 28.5 Å². The SMILES string of the molecule is CC(C)CCC[C@]1(C)OC(=O)[C@]23[C@@H](O)C=C4[C@@H](CC[C@H]5C(C)(C)[C@@H](O[C@@H]6OC[C@@H](O)[C@H](O)[C@H]6O[C@@H]6O[C@@H](C)[C@H](O)[C@@H](O)[C@H]6O)CC[C@]45C)[C@]2(C)CC[C@@]31O. The van der Waals surface area contributed by atoms with Crippen LogP contribution < -0.4 is 0 Å². The average molecular weight is 767 g/mol. The van der Waals surface area contributed by atoms with Crippen molar-refractivity contribution in [1.82, 2.24) is 0 Å². The minimum Gasteiger partial charge on any atom is -0.456 e. The summed E-state index contributed by atoms with van der Waals surface area (Å²) in [4.78, 5) is 14.3. The lowest BCUT2D eigenvalue weighted by atomic mass is 9.40. The Balaban J connectivity index is 1.14. The molecule has 0 bridgehead atoms. The molecule has 308 valence electrons. The average Bonchev–Trinajstić information content (AvgIpc) is 3.46. The highest BCUT2D eigenvalue weighted by molar-refractivity contribution is 5.86. The van der Waals surface area contributed by atoms with Crippen LogP contribution in [0.1, 0.15) is 113 Å². The number of aliphatic hydroxyl groups excluding tert-OH is 6. The Bertz CT molecular complexity index is 1470. The highest BCUT2D eigenvalue weighted by atomic mass is 16.8. The molecule has 0 aromatic heterocycles. The van der Waals surface area contributed by atoms with Crippen molar-refractivity contribution in [3.05, 3.63) is 11.6 Å². The van der Waals surface area contributed by atoms with Crippen LogP contribution in [0.5, 0.6) is 0 Å². The predicted octanol–water partition coefficient (Wildman–Crippen LogP) is 2.48. The Morgan fingerprint density at radius 1 is 0.870 bits per heavy atom. The number of cyclic esters (lactones) is 1. The van der Waals surface area contributed by atoms with Gasteiger partial charge in [0.25, 0.3) is 0 Å². The van der Waals surface area contributed by atoms with E-state index in [1.807, 2.05) is 13.0 Å². The van der Waals surface area contributed by atoms with E-state index < -0.39 is 94.8 Å². The standard InChI is InChI=1S/C41H66O13/c1-20(2)10-9-14-39(8)40(49)17-16-38(7)22-11-12-25-36(4,5)27(13-15-37(25,6)23(22)18-26(43)41(38,40)35(48)54-39)52-34-32(29(45)24(42)19-50-34)53-33-31(47)30(46)28(44)21(3)51-33/h18,20-22,24-34,42-47,49H,9-17,19H2,1-8H3/t21-,22+,24+,25-,26-,27-,28-,29-,30+,31+,32+,33-,34-,37+,38-,39-,40-,41+/m0/s1. The summed E-state index contributed by atoms with van der Waals surface area (Å²) in [5.41, 5.74) is -4.43. The first-order chi connectivity index (χ1) is 25.1. The van der Waals surface area contributed by atoms with Crippen molar-refractivity contribution in [3.63, 3.8) is 0 Å². The fourth-order valence-electron chi connectivity index (χ4n) is 12.9. The Morgan fingerprint density at radius 3 is 2.26 bits per heavy atom. The number of fused-ring (bicyclic) bond motifs is 4. The van der Waals surface area contributed by atoms with Crippen molar-refractivity contribution in [2.75, 3.05) is 6.61 Å². The third-order valence-corrected chi connectivity index (χ3v) is 16.1. The number of allylic oxidation sites excluding steroid dienone is 1. The Kier molecular flexibility index (Phi) is 10.4. The summed E-state index contributed by atoms with van der Waals surface area (Å²) in [5, 5.41) is 77.8. The van der Waals surface area contributed by atoms with E-state index in [0.717, 1.165) is 31.3 Å². The first kappa shape index (κ1) is 40.9. The normalized spacial score (nSPS) is 54.0. The molecule has 13 nitrogen and oxygen atoms in total. The van der Waals surface area contributed by atoms with E-state index in [1.165, 1.54) is 6.92 Å². The molecule has 18 atom stereocenters. The minimum atomic E-state index is -1.62. The summed E-state index contributed by atoms with van der Waals surface area (Å²) in [7, 11) is 0. The van der Waals surface area contributed by atoms with Crippen molar-refractivity contribution < 1.29 is 64.2 Å². The van der Waals surface area contributed by atoms with Crippen LogP contribution >= 0.6 is 0 Å². The number of hydrogen-bond acceptors (Lipinski definition) is 13. The lowest BCUT2D eigenvalue weighted by Gasteiger charge is -2.64. The van der Waals surface area contributed by atoms with Gasteiger partial charge in [0, 0.05) is 0 Å². The van der Waals surface area contributed by atoms with Gasteiger partial charge in [-0.3, -0.25) is 4.79 Å². The molecule has 1 spiro atoms. The Morgan fingerprint density at radius 2 is 1.57 bits per heavy atom. The van der Waals surface area contributed by atoms with Gasteiger partial charge in [0.15, 0.2) is 12.6 Å². The van der Waals surface area contributed by atoms with Crippen LogP contribution in [0.4, 0.5) is 0 Å². The van der Waals surface area contributed by atoms with Crippen LogP contribution in [-0.4, -0.2) is 127 Å². The number of esters is 1. The van der Waals surface area contributed by atoms with Gasteiger partial charge < -0.3 is 59.4 Å². The third-order valence-electron chi connectivity index (χ3n) is 16.1. The smallest absolute Gasteiger partial charge is 0.319 e. The summed E-state index contributed by atoms with van der Waals surface area (Å²) in [5.74, 6) is 0.0586. The lowest BCUT2D eigenvalue weighted by Crippen LogP contribution is -2.68. The fraction of sp³-hybridized carbons (Fsp3) is 0.927. The van der Waals surface area contributed by atoms with Crippen LogP contribution in [0, 0.1) is 39.4 Å². The van der Waals surface area contributed by atoms with Gasteiger partial charge in [0.1, 0.15) is 53.2 Å². The lowest BCUT2D eigenvalue weighted by molar-refractivity contribution is -0.363. The third kappa shape index (κ3) is 5.53. The zero-order valence-electron chi connectivity index (χ0n) is 33.3. The maximum absolute atomic E-state index is 14.3. The quantitative estimate of drug-likeness (QED) is 0.108. The molecule has 3 aliphatic heterocycles. The molecule has 6 fully saturated rings. The van der Waals surface area contributed by atoms with Crippen molar-refractivity contribution in [3.8, 4) is 0 Å². The number of carbonyl (C=O) groups excluding carboxylic acids is 1. The minimum absolute atomic E-state index is 0.0377. The molecular weight excluding hydrogens is 700 g/mol. The van der Waals surface area contributed by atoms with Crippen molar-refractivity contribution >= 4 is 5.97 Å². The summed E-state index contributed by atoms with van der Waals surface area (Å²) in [6, 6.07) is 0. The summed E-state index contributed by atoms with van der Waals surface area (Å²) in [6.07, 6.45) is -5.45. The molecule has 0 aromatic carbocycles. The molecule has 54 heavy (non-hydrogen) atoms. The van der Waals surface area contributed by atoms with E-state index in [0.29, 0.717) is 38.0 Å². The highest BCUT2D eigenvalue weighted by Gasteiger charge is 2.85. The maximum atomic E-state index is 14.3. The van der Waals surface area contributed by atoms with E-state index in [1.54, 1.807) is 0 Å². The second-order valence-electron chi connectivity index (χ2n) is 19.7. The highest BCUT2D eigenvalue weighted by Crippen LogP contribution is 2.77. The molecule has 0 unspecified atom stereocenters. The number of carbonyl (C=O) groups is 1. The number of hydrogen-bond donors (Lipinski definition) is 7. The van der Waals surface area contributed by atoms with E-state index in [-0.39, 0.29) is 30.0 Å². The molecule has 3 saturated carbocycles. The molecule has 4 aliphatic carbocycles. The van der Waals surface area contributed by atoms with Crippen LogP contribution in [0.15, 0.2) is 11.6 Å². The first-order valence-electron chi connectivity index (χ1n) is 20.4. The largest absolute Gasteiger partial charge is 0.456 e. The topological polar surface area (TPSA) is 205 Å². The number of ether oxygens (including phenoxy) is 5. The second-order valence-corrected chi connectivity index (χ2v) is 19.7. The van der Waals surface area contributed by atoms with Crippen molar-refractivity contribution in [2.24, 2.45) is 39.4 Å². The molecule has 13 heteroatoms. The molecule has 0 aromatic rings. The predicted molar refractivity (Wildman–Crippen MR) is 193 cm³/mol. The van der Waals surface area contributed by atoms with E-state index in [2.05, 4.69) is 41.5 Å². The summed E-state index contributed by atoms with van der Waals surface area (Å²) < 4.78 is 30.5. The number of aliphatic hydroxyl groups is 7. The monoisotopic (exact) mass is 766 g/mol. The Labute approximate surface area is 319 Å². The van der Waals surface area contributed by atoms with Crippen molar-refractivity contribution in [2.45, 2.75) is 192 Å². The van der Waals surface area contributed by atoms with E-state index >= 15 is 0 Å². The van der Waals surface area contributed by atoms with Gasteiger partial charge in [-0.25, -0.2) is 0 Å². The van der Waals surface area contributed by atoms with E-state index in [9.17, 15) is 40.5 Å². The van der Waals surface area contributed by atoms with Crippen molar-refractivity contribution in [1.29, 1.82) is 0 Å². The van der Waals surface area contributed by atoms with Crippen LogP contribution in [0.3, 0.4) is 0 Å². The van der Waals surface area contributed by atoms with Gasteiger partial charge in [-0.05, 0) is 99.2 Å². The molecular formula is C41H66O13. The molecule has 0 radical (unpaired) electrons. The van der Waals surface area contributed by atoms with Crippen LogP contribution in [0.2, 0.25) is 0 Å². The second kappa shape index (κ2) is 13.7. The zero-order chi connectivity index (χ0) is 39.6. The van der Waals surface area contributed by atoms with Gasteiger partial charge >= 0.3 is 5.97 Å². The summed E-state index contributed by atoms with van der Waals surface area (Å²) in [6.45, 7) is 16.2. The fourth-order valence-corrected chi connectivity index (χ4v) is 12.9. The van der Waals surface area contributed by atoms with Gasteiger partial charge in [0.2, 0.25) is 0 Å². The van der Waals surface area contributed by atoms with Gasteiger partial charge in [0.05, 0.1) is 24.9 Å². The molecule has 3 saturated heterocycles. The molecule has 3 heterocycles. The molecule has 0 amide bonds. The molecule has 7 N–H and O–H groups in total. The summed E-state index contributed by atoms with van der Waals surface area (Å²) >= 11 is 0.